The van der Waals surface area contributed by atoms with Crippen molar-refractivity contribution < 1.29 is 4.74 Å². The highest BCUT2D eigenvalue weighted by Gasteiger charge is 2.14. The number of aryl methyl sites for hydroxylation is 1. The van der Waals surface area contributed by atoms with Crippen LogP contribution in [0.4, 0.5) is 5.82 Å². The molecule has 4 rings (SSSR count). The maximum Gasteiger partial charge on any atom is 0.164 e. The van der Waals surface area contributed by atoms with Gasteiger partial charge in [0.25, 0.3) is 0 Å². The van der Waals surface area contributed by atoms with Crippen LogP contribution in [-0.4, -0.2) is 22.9 Å². The number of hydrogen-bond donors (Lipinski definition) is 1. The van der Waals surface area contributed by atoms with Gasteiger partial charge in [-0.1, -0.05) is 48.5 Å². The monoisotopic (exact) mass is 423 g/mol. The fraction of sp³-hybridized carbons (Fsp3) is 0.192. The van der Waals surface area contributed by atoms with Gasteiger partial charge >= 0.3 is 0 Å². The van der Waals surface area contributed by atoms with Crippen molar-refractivity contribution in [3.8, 4) is 6.07 Å². The van der Waals surface area contributed by atoms with E-state index in [-0.39, 0.29) is 0 Å². The Bertz CT molecular complexity index is 1320. The first-order valence-corrected chi connectivity index (χ1v) is 10.4. The molecule has 0 saturated carbocycles. The van der Waals surface area contributed by atoms with Crippen LogP contribution in [0, 0.1) is 25.2 Å². The lowest BCUT2D eigenvalue weighted by Crippen LogP contribution is -2.04. The van der Waals surface area contributed by atoms with Crippen LogP contribution in [0.2, 0.25) is 0 Å². The highest BCUT2D eigenvalue weighted by molar-refractivity contribution is 6.01. The normalized spacial score (nSPS) is 11.2. The number of ether oxygens (including phenoxy) is 1. The average Bonchev–Trinajstić information content (AvgIpc) is 3.06. The lowest BCUT2D eigenvalue weighted by atomic mass is 10.1. The molecule has 0 saturated heterocycles. The Hall–Kier alpha value is -3.95. The quantitative estimate of drug-likeness (QED) is 0.329. The summed E-state index contributed by atoms with van der Waals surface area (Å²) in [6.07, 6.45) is 1.81. The highest BCUT2D eigenvalue weighted by atomic mass is 16.5. The van der Waals surface area contributed by atoms with E-state index in [9.17, 15) is 5.26 Å². The number of rotatable bonds is 7. The second-order valence-corrected chi connectivity index (χ2v) is 7.65. The number of nitrogens with zero attached hydrogens (tertiary/aromatic N) is 4. The molecule has 0 radical (unpaired) electrons. The Kier molecular flexibility index (Phi) is 6.29. The minimum absolute atomic E-state index is 0.344. The molecule has 160 valence electrons. The van der Waals surface area contributed by atoms with Gasteiger partial charge in [-0.2, -0.15) is 10.4 Å². The summed E-state index contributed by atoms with van der Waals surface area (Å²) in [4.78, 5) is 4.46. The summed E-state index contributed by atoms with van der Waals surface area (Å²) in [6.45, 7) is 5.12. The molecule has 2 heterocycles. The van der Waals surface area contributed by atoms with E-state index >= 15 is 0 Å². The van der Waals surface area contributed by atoms with E-state index in [4.69, 9.17) is 4.74 Å². The molecule has 32 heavy (non-hydrogen) atoms. The van der Waals surface area contributed by atoms with E-state index in [0.29, 0.717) is 18.0 Å². The van der Waals surface area contributed by atoms with Crippen molar-refractivity contribution in [1.82, 2.24) is 9.55 Å². The van der Waals surface area contributed by atoms with E-state index in [1.807, 2.05) is 25.1 Å². The van der Waals surface area contributed by atoms with Crippen LogP contribution < -0.4 is 5.43 Å². The third-order valence-electron chi connectivity index (χ3n) is 5.47. The maximum absolute atomic E-state index is 9.62. The average molecular weight is 424 g/mol. The van der Waals surface area contributed by atoms with Gasteiger partial charge in [0.15, 0.2) is 5.82 Å². The van der Waals surface area contributed by atoms with Gasteiger partial charge in [-0.05, 0) is 31.5 Å². The number of pyridine rings is 1. The summed E-state index contributed by atoms with van der Waals surface area (Å²) >= 11 is 0. The fourth-order valence-corrected chi connectivity index (χ4v) is 3.96. The first-order valence-electron chi connectivity index (χ1n) is 10.4. The summed E-state index contributed by atoms with van der Waals surface area (Å²) in [5.74, 6) is 0.432. The molecule has 0 aliphatic rings. The molecular formula is C26H25N5O. The van der Waals surface area contributed by atoms with Gasteiger partial charge in [-0.25, -0.2) is 4.98 Å². The maximum atomic E-state index is 9.62. The van der Waals surface area contributed by atoms with Crippen LogP contribution in [0.3, 0.4) is 0 Å². The van der Waals surface area contributed by atoms with Crippen molar-refractivity contribution in [3.05, 3.63) is 94.3 Å². The number of nitrogens with one attached hydrogen (secondary N) is 1. The number of benzene rings is 2. The number of hydrogen-bond acceptors (Lipinski definition) is 5. The van der Waals surface area contributed by atoms with E-state index in [2.05, 4.69) is 75.5 Å². The summed E-state index contributed by atoms with van der Waals surface area (Å²) in [5.41, 5.74) is 9.56. The molecular weight excluding hydrogens is 398 g/mol. The van der Waals surface area contributed by atoms with Crippen LogP contribution in [-0.2, 0) is 17.9 Å². The van der Waals surface area contributed by atoms with E-state index < -0.39 is 0 Å². The van der Waals surface area contributed by atoms with Gasteiger partial charge in [0.05, 0.1) is 12.8 Å². The van der Waals surface area contributed by atoms with Crippen LogP contribution >= 0.6 is 0 Å². The molecule has 0 unspecified atom stereocenters. The van der Waals surface area contributed by atoms with Gasteiger partial charge in [0.2, 0.25) is 0 Å². The van der Waals surface area contributed by atoms with E-state index in [1.165, 1.54) is 5.56 Å². The van der Waals surface area contributed by atoms with Gasteiger partial charge in [0.1, 0.15) is 11.6 Å². The van der Waals surface area contributed by atoms with Crippen molar-refractivity contribution in [2.75, 3.05) is 12.5 Å². The third kappa shape index (κ3) is 4.25. The van der Waals surface area contributed by atoms with Crippen LogP contribution in [0.1, 0.15) is 33.6 Å². The summed E-state index contributed by atoms with van der Waals surface area (Å²) in [7, 11) is 1.61. The molecule has 0 bridgehead atoms. The fourth-order valence-electron chi connectivity index (χ4n) is 3.96. The van der Waals surface area contributed by atoms with E-state index in [1.54, 1.807) is 13.3 Å². The van der Waals surface area contributed by atoms with Gasteiger partial charge in [-0.15, -0.1) is 0 Å². The lowest BCUT2D eigenvalue weighted by Gasteiger charge is -2.09. The molecule has 1 N–H and O–H groups in total. The van der Waals surface area contributed by atoms with E-state index in [0.717, 1.165) is 40.0 Å². The smallest absolute Gasteiger partial charge is 0.164 e. The van der Waals surface area contributed by atoms with Crippen molar-refractivity contribution in [3.63, 3.8) is 0 Å². The molecule has 6 heteroatoms. The molecule has 4 aromatic rings. The minimum atomic E-state index is 0.344. The Morgan fingerprint density at radius 3 is 2.62 bits per heavy atom. The van der Waals surface area contributed by atoms with Crippen molar-refractivity contribution >= 4 is 22.9 Å². The second-order valence-electron chi connectivity index (χ2n) is 7.65. The molecule has 0 fully saturated rings. The van der Waals surface area contributed by atoms with Gasteiger partial charge < -0.3 is 9.30 Å². The Morgan fingerprint density at radius 1 is 1.12 bits per heavy atom. The van der Waals surface area contributed by atoms with Gasteiger partial charge in [0, 0.05) is 47.1 Å². The molecule has 0 atom stereocenters. The first-order chi connectivity index (χ1) is 15.6. The predicted molar refractivity (Wildman–Crippen MR) is 128 cm³/mol. The van der Waals surface area contributed by atoms with Gasteiger partial charge in [-0.3, -0.25) is 5.43 Å². The Morgan fingerprint density at radius 2 is 1.88 bits per heavy atom. The lowest BCUT2D eigenvalue weighted by molar-refractivity contribution is 0.184. The molecule has 0 aliphatic heterocycles. The molecule has 0 amide bonds. The predicted octanol–water partition coefficient (Wildman–Crippen LogP) is 5.17. The Balaban J connectivity index is 1.69. The zero-order valence-electron chi connectivity index (χ0n) is 18.5. The number of aromatic nitrogens is 2. The molecule has 0 aliphatic carbocycles. The van der Waals surface area contributed by atoms with Crippen LogP contribution in [0.5, 0.6) is 0 Å². The third-order valence-corrected chi connectivity index (χ3v) is 5.47. The number of nitriles is 1. The van der Waals surface area contributed by atoms with Crippen molar-refractivity contribution in [2.24, 2.45) is 5.10 Å². The SMILES string of the molecule is COCc1cc(C)nc(N/N=C\c2c(C)n(Cc3ccccc3)c3ccccc23)c1C#N. The second kappa shape index (κ2) is 9.46. The minimum Gasteiger partial charge on any atom is -0.380 e. The highest BCUT2D eigenvalue weighted by Crippen LogP contribution is 2.26. The zero-order chi connectivity index (χ0) is 22.5. The summed E-state index contributed by atoms with van der Waals surface area (Å²) in [5, 5.41) is 15.2. The zero-order valence-corrected chi connectivity index (χ0v) is 18.5. The standard InChI is InChI=1S/C26H25N5O/c1-18-13-21(17-32-3)23(14-27)26(29-18)30-28-15-24-19(2)31(16-20-9-5-4-6-10-20)25-12-8-7-11-22(24)25/h4-13,15H,16-17H2,1-3H3,(H,29,30)/b28-15-. The van der Waals surface area contributed by atoms with Crippen molar-refractivity contribution in [1.29, 1.82) is 5.26 Å². The molecule has 0 spiro atoms. The summed E-state index contributed by atoms with van der Waals surface area (Å²) < 4.78 is 7.52. The number of methoxy groups -OCH3 is 1. The summed E-state index contributed by atoms with van der Waals surface area (Å²) in [6, 6.07) is 22.8. The first kappa shape index (κ1) is 21.3. The van der Waals surface area contributed by atoms with Crippen LogP contribution in [0.25, 0.3) is 10.9 Å². The number of para-hydroxylation sites is 1. The number of anilines is 1. The van der Waals surface area contributed by atoms with Crippen LogP contribution in [0.15, 0.2) is 65.8 Å². The number of fused-ring (bicyclic) bond motifs is 1. The topological polar surface area (TPSA) is 75.2 Å². The van der Waals surface area contributed by atoms with Crippen molar-refractivity contribution in [2.45, 2.75) is 27.0 Å². The molecule has 2 aromatic heterocycles. The largest absolute Gasteiger partial charge is 0.380 e. The molecule has 2 aromatic carbocycles. The molecule has 6 nitrogen and oxygen atoms in total. The Labute approximate surface area is 187 Å². The number of hydrazone groups is 1.